The van der Waals surface area contributed by atoms with Crippen molar-refractivity contribution in [1.82, 2.24) is 9.88 Å². The zero-order valence-corrected chi connectivity index (χ0v) is 10.3. The molecule has 0 saturated heterocycles. The summed E-state index contributed by atoms with van der Waals surface area (Å²) >= 11 is 0. The van der Waals surface area contributed by atoms with Gasteiger partial charge in [-0.1, -0.05) is 6.07 Å². The van der Waals surface area contributed by atoms with Crippen LogP contribution in [0.5, 0.6) is 0 Å². The molecule has 98 valence electrons. The summed E-state index contributed by atoms with van der Waals surface area (Å²) < 4.78 is 0. The fourth-order valence-corrected chi connectivity index (χ4v) is 1.75. The average molecular weight is 252 g/mol. The lowest BCUT2D eigenvalue weighted by atomic mass is 10.2. The molecule has 1 rings (SSSR count). The normalized spacial score (nSPS) is 11.9. The van der Waals surface area contributed by atoms with Crippen LogP contribution in [0.1, 0.15) is 30.8 Å². The van der Waals surface area contributed by atoms with Crippen LogP contribution in [-0.2, 0) is 4.79 Å². The summed E-state index contributed by atoms with van der Waals surface area (Å²) in [7, 11) is 0. The fraction of sp³-hybridized carbons (Fsp3) is 0.417. The van der Waals surface area contributed by atoms with Gasteiger partial charge in [0.05, 0.1) is 6.42 Å². The molecule has 0 saturated carbocycles. The number of hydrogen-bond donors (Lipinski definition) is 2. The third-order valence-electron chi connectivity index (χ3n) is 2.60. The van der Waals surface area contributed by atoms with Crippen molar-refractivity contribution in [3.63, 3.8) is 0 Å². The van der Waals surface area contributed by atoms with Crippen molar-refractivity contribution >= 4 is 11.9 Å². The number of carboxylic acids is 1. The van der Waals surface area contributed by atoms with Gasteiger partial charge in [-0.25, -0.2) is 0 Å². The van der Waals surface area contributed by atoms with E-state index in [0.29, 0.717) is 6.54 Å². The number of carbonyl (C=O) groups is 2. The number of aromatic amines is 1. The van der Waals surface area contributed by atoms with E-state index in [2.05, 4.69) is 4.98 Å². The quantitative estimate of drug-likeness (QED) is 0.807. The first-order chi connectivity index (χ1) is 8.45. The molecular formula is C12H16N2O4. The molecule has 0 spiro atoms. The maximum Gasteiger partial charge on any atom is 0.305 e. The van der Waals surface area contributed by atoms with Crippen molar-refractivity contribution in [2.75, 3.05) is 6.54 Å². The highest BCUT2D eigenvalue weighted by molar-refractivity contribution is 5.92. The second-order valence-electron chi connectivity index (χ2n) is 3.97. The van der Waals surface area contributed by atoms with Crippen LogP contribution in [0.25, 0.3) is 0 Å². The van der Waals surface area contributed by atoms with Gasteiger partial charge in [-0.2, -0.15) is 0 Å². The summed E-state index contributed by atoms with van der Waals surface area (Å²) in [5, 5.41) is 8.73. The molecule has 0 radical (unpaired) electrons. The zero-order chi connectivity index (χ0) is 13.7. The molecule has 1 amide bonds. The maximum absolute atomic E-state index is 12.1. The van der Waals surface area contributed by atoms with Crippen molar-refractivity contribution in [1.29, 1.82) is 0 Å². The Morgan fingerprint density at radius 3 is 2.61 bits per heavy atom. The molecule has 1 atom stereocenters. The van der Waals surface area contributed by atoms with Crippen molar-refractivity contribution in [2.45, 2.75) is 26.3 Å². The summed E-state index contributed by atoms with van der Waals surface area (Å²) in [6.07, 6.45) is -0.128. The summed E-state index contributed by atoms with van der Waals surface area (Å²) in [5.41, 5.74) is -0.190. The molecule has 0 aromatic carbocycles. The van der Waals surface area contributed by atoms with Crippen LogP contribution in [0, 0.1) is 0 Å². The minimum absolute atomic E-state index is 0.128. The van der Waals surface area contributed by atoms with Gasteiger partial charge in [0.15, 0.2) is 0 Å². The molecular weight excluding hydrogens is 236 g/mol. The van der Waals surface area contributed by atoms with Gasteiger partial charge >= 0.3 is 5.97 Å². The van der Waals surface area contributed by atoms with Gasteiger partial charge < -0.3 is 15.0 Å². The van der Waals surface area contributed by atoms with Crippen LogP contribution < -0.4 is 5.56 Å². The number of nitrogens with one attached hydrogen (secondary N) is 1. The van der Waals surface area contributed by atoms with Gasteiger partial charge in [0.1, 0.15) is 5.69 Å². The third-order valence-corrected chi connectivity index (χ3v) is 2.60. The van der Waals surface area contributed by atoms with E-state index in [1.165, 1.54) is 23.1 Å². The molecule has 2 N–H and O–H groups in total. The highest BCUT2D eigenvalue weighted by Gasteiger charge is 2.22. The summed E-state index contributed by atoms with van der Waals surface area (Å²) in [5.74, 6) is -1.33. The van der Waals surface area contributed by atoms with E-state index in [1.807, 2.05) is 0 Å². The molecule has 1 aromatic heterocycles. The number of aromatic nitrogens is 1. The van der Waals surface area contributed by atoms with E-state index < -0.39 is 12.0 Å². The Balaban J connectivity index is 2.92. The molecule has 6 nitrogen and oxygen atoms in total. The Bertz CT molecular complexity index is 495. The lowest BCUT2D eigenvalue weighted by molar-refractivity contribution is -0.138. The molecule has 1 heterocycles. The molecule has 0 aliphatic rings. The number of nitrogens with zero attached hydrogens (tertiary/aromatic N) is 1. The topological polar surface area (TPSA) is 90.5 Å². The summed E-state index contributed by atoms with van der Waals surface area (Å²) in [6.45, 7) is 3.80. The minimum Gasteiger partial charge on any atom is -0.481 e. The Labute approximate surface area is 104 Å². The summed E-state index contributed by atoms with van der Waals surface area (Å²) in [6, 6.07) is 3.87. The average Bonchev–Trinajstić information content (AvgIpc) is 2.28. The lowest BCUT2D eigenvalue weighted by Crippen LogP contribution is -2.40. The van der Waals surface area contributed by atoms with E-state index in [1.54, 1.807) is 13.8 Å². The van der Waals surface area contributed by atoms with Crippen LogP contribution in [0.15, 0.2) is 23.0 Å². The van der Waals surface area contributed by atoms with E-state index >= 15 is 0 Å². The molecule has 18 heavy (non-hydrogen) atoms. The van der Waals surface area contributed by atoms with E-state index in [9.17, 15) is 14.4 Å². The zero-order valence-electron chi connectivity index (χ0n) is 10.3. The Hall–Kier alpha value is -2.11. The second-order valence-corrected chi connectivity index (χ2v) is 3.97. The van der Waals surface area contributed by atoms with Crippen LogP contribution in [0.3, 0.4) is 0 Å². The van der Waals surface area contributed by atoms with E-state index in [0.717, 1.165) is 0 Å². The fourth-order valence-electron chi connectivity index (χ4n) is 1.75. The number of pyridine rings is 1. The largest absolute Gasteiger partial charge is 0.481 e. The van der Waals surface area contributed by atoms with Crippen molar-refractivity contribution in [3.8, 4) is 0 Å². The molecule has 0 fully saturated rings. The van der Waals surface area contributed by atoms with Gasteiger partial charge in [0, 0.05) is 18.7 Å². The molecule has 6 heteroatoms. The Morgan fingerprint density at radius 2 is 2.11 bits per heavy atom. The van der Waals surface area contributed by atoms with Gasteiger partial charge in [-0.05, 0) is 19.9 Å². The van der Waals surface area contributed by atoms with Gasteiger partial charge in [0.25, 0.3) is 5.91 Å². The van der Waals surface area contributed by atoms with Crippen molar-refractivity contribution < 1.29 is 14.7 Å². The minimum atomic E-state index is -0.963. The van der Waals surface area contributed by atoms with Gasteiger partial charge in [0.2, 0.25) is 5.56 Å². The van der Waals surface area contributed by atoms with Gasteiger partial charge in [-0.15, -0.1) is 0 Å². The Morgan fingerprint density at radius 1 is 1.44 bits per heavy atom. The SMILES string of the molecule is CCN(C(=O)c1cccc(=O)[nH]1)C(C)CC(=O)O. The van der Waals surface area contributed by atoms with Gasteiger partial charge in [-0.3, -0.25) is 14.4 Å². The number of carbonyl (C=O) groups excluding carboxylic acids is 1. The third kappa shape index (κ3) is 3.44. The maximum atomic E-state index is 12.1. The number of H-pyrrole nitrogens is 1. The van der Waals surface area contributed by atoms with E-state index in [4.69, 9.17) is 5.11 Å². The first-order valence-electron chi connectivity index (χ1n) is 5.67. The molecule has 0 aliphatic carbocycles. The molecule has 0 bridgehead atoms. The lowest BCUT2D eigenvalue weighted by Gasteiger charge is -2.26. The van der Waals surface area contributed by atoms with E-state index in [-0.39, 0.29) is 23.6 Å². The second kappa shape index (κ2) is 6.00. The number of hydrogen-bond acceptors (Lipinski definition) is 3. The first-order valence-corrected chi connectivity index (χ1v) is 5.67. The summed E-state index contributed by atoms with van der Waals surface area (Å²) in [4.78, 5) is 37.7. The van der Waals surface area contributed by atoms with Crippen molar-refractivity contribution in [3.05, 3.63) is 34.2 Å². The van der Waals surface area contributed by atoms with Crippen LogP contribution in [-0.4, -0.2) is 39.5 Å². The molecule has 0 aliphatic heterocycles. The van der Waals surface area contributed by atoms with Crippen LogP contribution in [0.2, 0.25) is 0 Å². The number of aliphatic carboxylic acids is 1. The molecule has 1 aromatic rings. The smallest absolute Gasteiger partial charge is 0.305 e. The predicted octanol–water partition coefficient (Wildman–Crippen LogP) is 0.700. The Kier molecular flexibility index (Phi) is 4.65. The number of carboxylic acid groups (broad SMARTS) is 1. The molecule has 1 unspecified atom stereocenters. The van der Waals surface area contributed by atoms with Crippen LogP contribution in [0.4, 0.5) is 0 Å². The van der Waals surface area contributed by atoms with Crippen molar-refractivity contribution in [2.24, 2.45) is 0 Å². The standard InChI is InChI=1S/C12H16N2O4/c1-3-14(8(2)7-11(16)17)12(18)9-5-4-6-10(15)13-9/h4-6,8H,3,7H2,1-2H3,(H,13,15)(H,16,17). The predicted molar refractivity (Wildman–Crippen MR) is 65.5 cm³/mol. The highest BCUT2D eigenvalue weighted by Crippen LogP contribution is 2.08. The number of rotatable bonds is 5. The number of amides is 1. The highest BCUT2D eigenvalue weighted by atomic mass is 16.4. The first kappa shape index (κ1) is 14.0. The monoisotopic (exact) mass is 252 g/mol. The van der Waals surface area contributed by atoms with Crippen LogP contribution >= 0.6 is 0 Å².